The quantitative estimate of drug-likeness (QED) is 0.778. The minimum atomic E-state index is -1.27. The van der Waals surface area contributed by atoms with E-state index in [1.165, 1.54) is 19.1 Å². The van der Waals surface area contributed by atoms with Crippen molar-refractivity contribution in [1.29, 1.82) is 0 Å². The van der Waals surface area contributed by atoms with Crippen molar-refractivity contribution in [3.05, 3.63) is 33.9 Å². The molecule has 1 saturated carbocycles. The van der Waals surface area contributed by atoms with E-state index in [0.29, 0.717) is 29.9 Å². The summed E-state index contributed by atoms with van der Waals surface area (Å²) in [7, 11) is 0.501. The number of anilines is 1. The SMILES string of the molecule is Cn1cc(-c2nc(NS(C)=O)ncc2OCC2CC2)c2c(c1=O)CCCC2.O. The molecule has 152 valence electrons. The van der Waals surface area contributed by atoms with E-state index in [-0.39, 0.29) is 11.0 Å². The van der Waals surface area contributed by atoms with Crippen LogP contribution in [0.1, 0.15) is 36.8 Å². The summed E-state index contributed by atoms with van der Waals surface area (Å²) in [5.41, 5.74) is 3.57. The second kappa shape index (κ2) is 8.40. The summed E-state index contributed by atoms with van der Waals surface area (Å²) in [5, 5.41) is 0. The highest BCUT2D eigenvalue weighted by Crippen LogP contribution is 2.36. The lowest BCUT2D eigenvalue weighted by Crippen LogP contribution is -2.26. The van der Waals surface area contributed by atoms with Crippen molar-refractivity contribution in [1.82, 2.24) is 14.5 Å². The molecule has 2 heterocycles. The highest BCUT2D eigenvalue weighted by Gasteiger charge is 2.25. The lowest BCUT2D eigenvalue weighted by atomic mass is 9.88. The van der Waals surface area contributed by atoms with Crippen molar-refractivity contribution in [2.24, 2.45) is 13.0 Å². The number of aryl methyl sites for hydroxylation is 1. The minimum absolute atomic E-state index is 0. The number of nitrogens with one attached hydrogen (secondary N) is 1. The maximum absolute atomic E-state index is 12.6. The Morgan fingerprint density at radius 1 is 1.29 bits per heavy atom. The van der Waals surface area contributed by atoms with E-state index in [2.05, 4.69) is 14.7 Å². The van der Waals surface area contributed by atoms with Gasteiger partial charge in [0, 0.05) is 30.6 Å². The van der Waals surface area contributed by atoms with E-state index in [4.69, 9.17) is 4.74 Å². The predicted molar refractivity (Wildman–Crippen MR) is 109 cm³/mol. The molecule has 2 aliphatic rings. The third-order valence-corrected chi connectivity index (χ3v) is 5.58. The number of fused-ring (bicyclic) bond motifs is 1. The van der Waals surface area contributed by atoms with Gasteiger partial charge in [-0.1, -0.05) is 0 Å². The largest absolute Gasteiger partial charge is 0.489 e. The molecule has 4 rings (SSSR count). The summed E-state index contributed by atoms with van der Waals surface area (Å²) in [6, 6.07) is 0. The zero-order valence-corrected chi connectivity index (χ0v) is 17.0. The fourth-order valence-corrected chi connectivity index (χ4v) is 3.88. The van der Waals surface area contributed by atoms with Crippen LogP contribution in [-0.4, -0.2) is 37.1 Å². The zero-order chi connectivity index (χ0) is 19.0. The van der Waals surface area contributed by atoms with Crippen molar-refractivity contribution in [3.8, 4) is 17.0 Å². The van der Waals surface area contributed by atoms with E-state index in [1.807, 2.05) is 6.20 Å². The second-order valence-electron chi connectivity index (χ2n) is 7.34. The first-order chi connectivity index (χ1) is 13.0. The van der Waals surface area contributed by atoms with E-state index in [9.17, 15) is 9.00 Å². The van der Waals surface area contributed by atoms with Crippen LogP contribution in [0.3, 0.4) is 0 Å². The van der Waals surface area contributed by atoms with Crippen LogP contribution in [0.15, 0.2) is 17.2 Å². The summed E-state index contributed by atoms with van der Waals surface area (Å²) >= 11 is 0. The smallest absolute Gasteiger partial charge is 0.253 e. The molecule has 2 aliphatic carbocycles. The van der Waals surface area contributed by atoms with Crippen molar-refractivity contribution >= 4 is 16.9 Å². The number of hydrogen-bond acceptors (Lipinski definition) is 5. The average Bonchev–Trinajstić information content (AvgIpc) is 3.47. The lowest BCUT2D eigenvalue weighted by Gasteiger charge is -2.21. The highest BCUT2D eigenvalue weighted by molar-refractivity contribution is 7.85. The maximum Gasteiger partial charge on any atom is 0.253 e. The Hall–Kier alpha value is -2.26. The monoisotopic (exact) mass is 406 g/mol. The first kappa shape index (κ1) is 20.5. The van der Waals surface area contributed by atoms with Crippen LogP contribution in [0.25, 0.3) is 11.3 Å². The van der Waals surface area contributed by atoms with Crippen molar-refractivity contribution in [2.75, 3.05) is 17.6 Å². The molecule has 0 saturated heterocycles. The number of nitrogens with zero attached hydrogens (tertiary/aromatic N) is 3. The molecule has 1 atom stereocenters. The molecular formula is C19H26N4O4S. The van der Waals surface area contributed by atoms with E-state index < -0.39 is 11.0 Å². The Morgan fingerprint density at radius 2 is 2.00 bits per heavy atom. The lowest BCUT2D eigenvalue weighted by molar-refractivity contribution is 0.299. The standard InChI is InChI=1S/C19H24N4O3S.H2O/c1-23-10-15(13-5-3-4-6-14(13)18(23)24)17-16(26-11-12-7-8-12)9-20-19(21-17)22-27(2)25;/h9-10,12H,3-8,11H2,1-2H3,(H,20,21,22);1H2. The van der Waals surface area contributed by atoms with E-state index >= 15 is 0 Å². The fourth-order valence-electron chi connectivity index (χ4n) is 3.52. The van der Waals surface area contributed by atoms with Crippen LogP contribution in [0.5, 0.6) is 5.75 Å². The number of aromatic nitrogens is 3. The molecule has 3 N–H and O–H groups in total. The van der Waals surface area contributed by atoms with Crippen LogP contribution in [0.4, 0.5) is 5.95 Å². The van der Waals surface area contributed by atoms with Gasteiger partial charge in [0.1, 0.15) is 16.7 Å². The minimum Gasteiger partial charge on any atom is -0.489 e. The number of hydrogen-bond donors (Lipinski definition) is 1. The average molecular weight is 407 g/mol. The fraction of sp³-hybridized carbons (Fsp3) is 0.526. The van der Waals surface area contributed by atoms with Crippen LogP contribution in [0, 0.1) is 5.92 Å². The summed E-state index contributed by atoms with van der Waals surface area (Å²) in [6.45, 7) is 0.650. The molecule has 0 aliphatic heterocycles. The van der Waals surface area contributed by atoms with E-state index in [1.54, 1.807) is 17.8 Å². The normalized spacial score (nSPS) is 16.6. The Balaban J connectivity index is 0.00000225. The Labute approximate surface area is 166 Å². The van der Waals surface area contributed by atoms with Gasteiger partial charge < -0.3 is 14.8 Å². The third kappa shape index (κ3) is 4.25. The van der Waals surface area contributed by atoms with Gasteiger partial charge in [-0.25, -0.2) is 14.2 Å². The van der Waals surface area contributed by atoms with Gasteiger partial charge in [0.15, 0.2) is 5.75 Å². The van der Waals surface area contributed by atoms with Gasteiger partial charge in [-0.05, 0) is 50.0 Å². The number of pyridine rings is 1. The molecule has 9 heteroatoms. The summed E-state index contributed by atoms with van der Waals surface area (Å²) in [5.74, 6) is 1.51. The topological polar surface area (TPSA) is 118 Å². The third-order valence-electron chi connectivity index (χ3n) is 5.11. The van der Waals surface area contributed by atoms with Crippen molar-refractivity contribution in [2.45, 2.75) is 38.5 Å². The van der Waals surface area contributed by atoms with Crippen LogP contribution in [0.2, 0.25) is 0 Å². The van der Waals surface area contributed by atoms with Gasteiger partial charge >= 0.3 is 0 Å². The molecule has 28 heavy (non-hydrogen) atoms. The Morgan fingerprint density at radius 3 is 2.68 bits per heavy atom. The number of rotatable bonds is 6. The number of ether oxygens (including phenoxy) is 1. The molecule has 1 unspecified atom stereocenters. The first-order valence-electron chi connectivity index (χ1n) is 9.34. The van der Waals surface area contributed by atoms with Gasteiger partial charge in [-0.3, -0.25) is 9.52 Å². The van der Waals surface area contributed by atoms with Gasteiger partial charge in [0.2, 0.25) is 5.95 Å². The zero-order valence-electron chi connectivity index (χ0n) is 16.2. The molecular weight excluding hydrogens is 380 g/mol. The van der Waals surface area contributed by atoms with Crippen LogP contribution in [-0.2, 0) is 30.9 Å². The molecule has 1 fully saturated rings. The van der Waals surface area contributed by atoms with Gasteiger partial charge in [0.25, 0.3) is 5.56 Å². The van der Waals surface area contributed by atoms with Crippen molar-refractivity contribution in [3.63, 3.8) is 0 Å². The highest BCUT2D eigenvalue weighted by atomic mass is 32.2. The van der Waals surface area contributed by atoms with Crippen LogP contribution < -0.4 is 15.0 Å². The molecule has 0 aromatic carbocycles. The summed E-state index contributed by atoms with van der Waals surface area (Å²) < 4.78 is 21.9. The van der Waals surface area contributed by atoms with Gasteiger partial charge in [-0.15, -0.1) is 0 Å². The summed E-state index contributed by atoms with van der Waals surface area (Å²) in [6.07, 6.45) is 11.1. The van der Waals surface area contributed by atoms with Gasteiger partial charge in [-0.2, -0.15) is 0 Å². The molecule has 0 radical (unpaired) electrons. The molecule has 2 aromatic heterocycles. The van der Waals surface area contributed by atoms with Gasteiger partial charge in [0.05, 0.1) is 12.8 Å². The maximum atomic E-state index is 12.6. The second-order valence-corrected chi connectivity index (χ2v) is 8.45. The predicted octanol–water partition coefficient (Wildman–Crippen LogP) is 1.39. The Bertz CT molecular complexity index is 956. The van der Waals surface area contributed by atoms with E-state index in [0.717, 1.165) is 42.4 Å². The van der Waals surface area contributed by atoms with Crippen molar-refractivity contribution < 1.29 is 14.4 Å². The summed E-state index contributed by atoms with van der Waals surface area (Å²) in [4.78, 5) is 21.4. The molecule has 8 nitrogen and oxygen atoms in total. The molecule has 0 amide bonds. The molecule has 0 bridgehead atoms. The molecule has 0 spiro atoms. The Kier molecular flexibility index (Phi) is 6.14. The first-order valence-corrected chi connectivity index (χ1v) is 10.9. The molecule has 2 aromatic rings. The van der Waals surface area contributed by atoms with Crippen LogP contribution >= 0.6 is 0 Å².